The van der Waals surface area contributed by atoms with E-state index in [1.807, 2.05) is 20.9 Å². The van der Waals surface area contributed by atoms with E-state index in [0.29, 0.717) is 24.2 Å². The number of methoxy groups -OCH3 is 1. The highest BCUT2D eigenvalue weighted by Gasteiger charge is 2.17. The van der Waals surface area contributed by atoms with Crippen LogP contribution >= 0.6 is 0 Å². The van der Waals surface area contributed by atoms with E-state index in [0.717, 1.165) is 53.9 Å². The Morgan fingerprint density at radius 3 is 2.35 bits per heavy atom. The maximum absolute atomic E-state index is 5.84. The van der Waals surface area contributed by atoms with Crippen LogP contribution in [0.2, 0.25) is 0 Å². The summed E-state index contributed by atoms with van der Waals surface area (Å²) in [6.07, 6.45) is 4.17. The Hall–Kier alpha value is -2.37. The predicted molar refractivity (Wildman–Crippen MR) is 105 cm³/mol. The molecule has 0 saturated heterocycles. The number of nitrogens with zero attached hydrogens (tertiary/aromatic N) is 3. The summed E-state index contributed by atoms with van der Waals surface area (Å²) in [6.45, 7) is 8.83. The third kappa shape index (κ3) is 4.42. The molecule has 0 saturated carbocycles. The van der Waals surface area contributed by atoms with Gasteiger partial charge in [0.15, 0.2) is 5.82 Å². The van der Waals surface area contributed by atoms with Crippen LogP contribution in [0.1, 0.15) is 50.1 Å². The second kappa shape index (κ2) is 9.36. The number of unbranched alkanes of at least 4 members (excludes halogenated alkanes) is 2. The first-order chi connectivity index (χ1) is 12.5. The first kappa shape index (κ1) is 19.9. The molecule has 0 aromatic carbocycles. The lowest BCUT2D eigenvalue weighted by Crippen LogP contribution is -2.08. The standard InChI is InChI=1S/C20H30N4O2/c1-7-9-10-11-26-20-18(21-5)24-17(14(4)23-20)16-12-15(8-2)19(25-6)22-13(16)3/h12H,7-11H2,1-6H3,(H,21,24). The fourth-order valence-corrected chi connectivity index (χ4v) is 2.83. The van der Waals surface area contributed by atoms with Crippen LogP contribution in [0.5, 0.6) is 11.8 Å². The normalized spacial score (nSPS) is 10.7. The third-order valence-electron chi connectivity index (χ3n) is 4.34. The van der Waals surface area contributed by atoms with Crippen LogP contribution in [-0.4, -0.2) is 35.7 Å². The van der Waals surface area contributed by atoms with Crippen molar-refractivity contribution in [2.45, 2.75) is 53.4 Å². The zero-order valence-corrected chi connectivity index (χ0v) is 16.8. The lowest BCUT2D eigenvalue weighted by molar-refractivity contribution is 0.295. The highest BCUT2D eigenvalue weighted by Crippen LogP contribution is 2.32. The van der Waals surface area contributed by atoms with E-state index in [9.17, 15) is 0 Å². The molecule has 0 aliphatic rings. The van der Waals surface area contributed by atoms with Crippen molar-refractivity contribution in [1.82, 2.24) is 15.0 Å². The Bertz CT molecular complexity index is 747. The van der Waals surface area contributed by atoms with Crippen LogP contribution in [-0.2, 0) is 6.42 Å². The molecule has 142 valence electrons. The van der Waals surface area contributed by atoms with Crippen molar-refractivity contribution in [3.63, 3.8) is 0 Å². The minimum atomic E-state index is 0.555. The van der Waals surface area contributed by atoms with Crippen molar-refractivity contribution in [1.29, 1.82) is 0 Å². The molecule has 2 aromatic heterocycles. The van der Waals surface area contributed by atoms with Crippen LogP contribution in [0.4, 0.5) is 5.82 Å². The summed E-state index contributed by atoms with van der Waals surface area (Å²) >= 11 is 0. The Labute approximate surface area is 156 Å². The van der Waals surface area contributed by atoms with Gasteiger partial charge in [0.25, 0.3) is 5.88 Å². The van der Waals surface area contributed by atoms with Gasteiger partial charge in [-0.05, 0) is 32.8 Å². The van der Waals surface area contributed by atoms with Crippen LogP contribution in [0, 0.1) is 13.8 Å². The number of nitrogens with one attached hydrogen (secondary N) is 1. The molecule has 0 spiro atoms. The number of anilines is 1. The van der Waals surface area contributed by atoms with Gasteiger partial charge in [0, 0.05) is 18.2 Å². The SMILES string of the molecule is CCCCCOc1nc(C)c(-c2cc(CC)c(OC)nc2C)nc1NC. The molecule has 26 heavy (non-hydrogen) atoms. The second-order valence-electron chi connectivity index (χ2n) is 6.26. The monoisotopic (exact) mass is 358 g/mol. The fraction of sp³-hybridized carbons (Fsp3) is 0.550. The molecule has 0 aliphatic carbocycles. The number of hydrogen-bond acceptors (Lipinski definition) is 6. The van der Waals surface area contributed by atoms with Gasteiger partial charge in [0.2, 0.25) is 5.88 Å². The molecule has 0 atom stereocenters. The van der Waals surface area contributed by atoms with Gasteiger partial charge in [0.1, 0.15) is 0 Å². The van der Waals surface area contributed by atoms with Crippen LogP contribution in [0.3, 0.4) is 0 Å². The Kier molecular flexibility index (Phi) is 7.18. The summed E-state index contributed by atoms with van der Waals surface area (Å²) in [6, 6.07) is 2.10. The molecule has 0 bridgehead atoms. The van der Waals surface area contributed by atoms with E-state index in [1.54, 1.807) is 7.11 Å². The summed E-state index contributed by atoms with van der Waals surface area (Å²) in [7, 11) is 3.48. The third-order valence-corrected chi connectivity index (χ3v) is 4.34. The molecule has 2 aromatic rings. The van der Waals surface area contributed by atoms with Gasteiger partial charge >= 0.3 is 0 Å². The van der Waals surface area contributed by atoms with E-state index < -0.39 is 0 Å². The molecule has 0 aliphatic heterocycles. The molecule has 6 nitrogen and oxygen atoms in total. The Morgan fingerprint density at radius 1 is 1.00 bits per heavy atom. The molecule has 2 heterocycles. The highest BCUT2D eigenvalue weighted by molar-refractivity contribution is 5.68. The van der Waals surface area contributed by atoms with E-state index in [2.05, 4.69) is 35.2 Å². The average Bonchev–Trinajstić information content (AvgIpc) is 2.65. The number of pyridine rings is 1. The lowest BCUT2D eigenvalue weighted by Gasteiger charge is -2.15. The van der Waals surface area contributed by atoms with Gasteiger partial charge in [-0.1, -0.05) is 26.7 Å². The molecule has 6 heteroatoms. The summed E-state index contributed by atoms with van der Waals surface area (Å²) in [4.78, 5) is 14.0. The highest BCUT2D eigenvalue weighted by atomic mass is 16.5. The van der Waals surface area contributed by atoms with Gasteiger partial charge in [-0.15, -0.1) is 0 Å². The Balaban J connectivity index is 2.41. The van der Waals surface area contributed by atoms with Crippen molar-refractivity contribution in [2.24, 2.45) is 0 Å². The van der Waals surface area contributed by atoms with Crippen LogP contribution in [0.15, 0.2) is 6.07 Å². The van der Waals surface area contributed by atoms with E-state index in [4.69, 9.17) is 14.5 Å². The quantitative estimate of drug-likeness (QED) is 0.673. The maximum atomic E-state index is 5.84. The average molecular weight is 358 g/mol. The van der Waals surface area contributed by atoms with Crippen molar-refractivity contribution < 1.29 is 9.47 Å². The minimum absolute atomic E-state index is 0.555. The number of aryl methyl sites for hydroxylation is 3. The maximum Gasteiger partial charge on any atom is 0.257 e. The molecule has 0 amide bonds. The lowest BCUT2D eigenvalue weighted by atomic mass is 10.0. The van der Waals surface area contributed by atoms with E-state index in [-0.39, 0.29) is 0 Å². The Morgan fingerprint density at radius 2 is 1.73 bits per heavy atom. The summed E-state index contributed by atoms with van der Waals surface area (Å²) < 4.78 is 11.2. The smallest absolute Gasteiger partial charge is 0.257 e. The number of rotatable bonds is 9. The number of aromatic nitrogens is 3. The molecule has 1 N–H and O–H groups in total. The largest absolute Gasteiger partial charge is 0.481 e. The molecule has 0 fully saturated rings. The van der Waals surface area contributed by atoms with Gasteiger partial charge in [-0.3, -0.25) is 0 Å². The molecular weight excluding hydrogens is 328 g/mol. The van der Waals surface area contributed by atoms with E-state index in [1.165, 1.54) is 0 Å². The van der Waals surface area contributed by atoms with Gasteiger partial charge in [-0.25, -0.2) is 15.0 Å². The first-order valence-electron chi connectivity index (χ1n) is 9.29. The van der Waals surface area contributed by atoms with Crippen molar-refractivity contribution in [3.05, 3.63) is 23.0 Å². The van der Waals surface area contributed by atoms with Crippen molar-refractivity contribution in [2.75, 3.05) is 26.1 Å². The number of hydrogen-bond donors (Lipinski definition) is 1. The first-order valence-corrected chi connectivity index (χ1v) is 9.29. The van der Waals surface area contributed by atoms with Crippen LogP contribution < -0.4 is 14.8 Å². The molecule has 0 radical (unpaired) electrons. The zero-order valence-electron chi connectivity index (χ0n) is 16.8. The van der Waals surface area contributed by atoms with Crippen LogP contribution in [0.25, 0.3) is 11.3 Å². The summed E-state index contributed by atoms with van der Waals surface area (Å²) in [5.41, 5.74) is 4.54. The molecular formula is C20H30N4O2. The minimum Gasteiger partial charge on any atom is -0.481 e. The van der Waals surface area contributed by atoms with Gasteiger partial charge < -0.3 is 14.8 Å². The van der Waals surface area contributed by atoms with Gasteiger partial charge in [-0.2, -0.15) is 0 Å². The topological polar surface area (TPSA) is 69.2 Å². The molecule has 0 unspecified atom stereocenters. The predicted octanol–water partition coefficient (Wildman–Crippen LogP) is 4.34. The second-order valence-corrected chi connectivity index (χ2v) is 6.26. The summed E-state index contributed by atoms with van der Waals surface area (Å²) in [5, 5.41) is 3.10. The van der Waals surface area contributed by atoms with Crippen molar-refractivity contribution >= 4 is 5.82 Å². The summed E-state index contributed by atoms with van der Waals surface area (Å²) in [5.74, 6) is 1.87. The molecule has 2 rings (SSSR count). The van der Waals surface area contributed by atoms with Crippen molar-refractivity contribution in [3.8, 4) is 23.0 Å². The van der Waals surface area contributed by atoms with Gasteiger partial charge in [0.05, 0.1) is 30.8 Å². The van der Waals surface area contributed by atoms with E-state index >= 15 is 0 Å². The zero-order chi connectivity index (χ0) is 19.1. The number of ether oxygens (including phenoxy) is 2. The fourth-order valence-electron chi connectivity index (χ4n) is 2.83.